The van der Waals surface area contributed by atoms with Gasteiger partial charge in [0.25, 0.3) is 0 Å². The van der Waals surface area contributed by atoms with Crippen molar-refractivity contribution in [3.8, 4) is 5.75 Å². The van der Waals surface area contributed by atoms with Gasteiger partial charge in [-0.15, -0.1) is 0 Å². The Balaban J connectivity index is 2.34. The smallest absolute Gasteiger partial charge is 0.165 e. The Morgan fingerprint density at radius 3 is 2.50 bits per heavy atom. The van der Waals surface area contributed by atoms with E-state index in [1.54, 1.807) is 12.1 Å². The first-order valence-corrected chi connectivity index (χ1v) is 6.77. The van der Waals surface area contributed by atoms with Gasteiger partial charge in [-0.3, -0.25) is 0 Å². The molecular weight excluding hydrogens is 229 g/mol. The van der Waals surface area contributed by atoms with E-state index in [9.17, 15) is 4.39 Å². The van der Waals surface area contributed by atoms with E-state index in [1.165, 1.54) is 0 Å². The third-order valence-electron chi connectivity index (χ3n) is 2.98. The molecule has 0 amide bonds. The number of ether oxygens (including phenoxy) is 1. The molecule has 0 aliphatic heterocycles. The van der Waals surface area contributed by atoms with Crippen LogP contribution in [0.5, 0.6) is 5.75 Å². The molecule has 1 rings (SSSR count). The van der Waals surface area contributed by atoms with E-state index < -0.39 is 0 Å². The number of hydrogen-bond acceptors (Lipinski definition) is 2. The lowest BCUT2D eigenvalue weighted by Crippen LogP contribution is -2.02. The minimum Gasteiger partial charge on any atom is -0.491 e. The van der Waals surface area contributed by atoms with Crippen LogP contribution in [0, 0.1) is 5.82 Å². The number of halogens is 1. The van der Waals surface area contributed by atoms with Gasteiger partial charge in [-0.1, -0.05) is 32.8 Å². The van der Waals surface area contributed by atoms with Gasteiger partial charge in [0.2, 0.25) is 0 Å². The number of unbranched alkanes of at least 4 members (excludes halogenated alkanes) is 3. The van der Waals surface area contributed by atoms with Crippen molar-refractivity contribution in [3.63, 3.8) is 0 Å². The first-order valence-electron chi connectivity index (χ1n) is 6.77. The molecule has 3 heteroatoms. The number of rotatable bonds is 8. The van der Waals surface area contributed by atoms with Crippen molar-refractivity contribution < 1.29 is 9.13 Å². The highest BCUT2D eigenvalue weighted by molar-refractivity contribution is 5.30. The van der Waals surface area contributed by atoms with Crippen molar-refractivity contribution in [1.29, 1.82) is 0 Å². The van der Waals surface area contributed by atoms with Gasteiger partial charge in [0.15, 0.2) is 11.6 Å². The molecule has 1 aromatic carbocycles. The Morgan fingerprint density at radius 2 is 1.89 bits per heavy atom. The monoisotopic (exact) mass is 253 g/mol. The minimum atomic E-state index is -0.261. The van der Waals surface area contributed by atoms with Crippen LogP contribution in [0.1, 0.15) is 51.0 Å². The predicted octanol–water partition coefficient (Wildman–Crippen LogP) is 3.85. The zero-order chi connectivity index (χ0) is 13.4. The molecule has 102 valence electrons. The molecule has 2 nitrogen and oxygen atoms in total. The minimum absolute atomic E-state index is 0.261. The molecule has 18 heavy (non-hydrogen) atoms. The van der Waals surface area contributed by atoms with Gasteiger partial charge in [0.05, 0.1) is 6.61 Å². The summed E-state index contributed by atoms with van der Waals surface area (Å²) in [5.74, 6) is 0.436. The fourth-order valence-corrected chi connectivity index (χ4v) is 1.78. The van der Waals surface area contributed by atoms with Crippen molar-refractivity contribution in [3.05, 3.63) is 29.6 Å². The highest BCUT2D eigenvalue weighted by Gasteiger charge is 2.06. The Bertz CT molecular complexity index is 352. The molecule has 1 aromatic rings. The second kappa shape index (κ2) is 8.09. The van der Waals surface area contributed by atoms with Crippen LogP contribution in [0.2, 0.25) is 0 Å². The molecule has 0 bridgehead atoms. The molecule has 2 N–H and O–H groups in total. The highest BCUT2D eigenvalue weighted by atomic mass is 19.1. The second-order valence-corrected chi connectivity index (χ2v) is 4.90. The Hall–Kier alpha value is -1.09. The zero-order valence-electron chi connectivity index (χ0n) is 11.4. The largest absolute Gasteiger partial charge is 0.491 e. The fourth-order valence-electron chi connectivity index (χ4n) is 1.78. The standard InChI is InChI=1S/C15H24FNO/c1-12(2)13-7-8-15(14(16)11-13)18-10-6-4-3-5-9-17/h7-8,11-12H,3-6,9-10,17H2,1-2H3. The van der Waals surface area contributed by atoms with Crippen molar-refractivity contribution in [2.45, 2.75) is 45.4 Å². The van der Waals surface area contributed by atoms with Gasteiger partial charge < -0.3 is 10.5 Å². The number of hydrogen-bond donors (Lipinski definition) is 1. The van der Waals surface area contributed by atoms with Gasteiger partial charge in [-0.25, -0.2) is 4.39 Å². The molecule has 0 unspecified atom stereocenters. The van der Waals surface area contributed by atoms with E-state index in [4.69, 9.17) is 10.5 Å². The molecule has 0 spiro atoms. The SMILES string of the molecule is CC(C)c1ccc(OCCCCCCN)c(F)c1. The summed E-state index contributed by atoms with van der Waals surface area (Å²) in [6.07, 6.45) is 4.21. The Kier molecular flexibility index (Phi) is 6.73. The third kappa shape index (κ3) is 5.05. The molecule has 0 aliphatic carbocycles. The molecule has 0 heterocycles. The summed E-state index contributed by atoms with van der Waals surface area (Å²) in [5, 5.41) is 0. The molecular formula is C15H24FNO. The summed E-state index contributed by atoms with van der Waals surface area (Å²) in [5.41, 5.74) is 6.41. The Labute approximate surface area is 109 Å². The maximum Gasteiger partial charge on any atom is 0.165 e. The van der Waals surface area contributed by atoms with Crippen LogP contribution >= 0.6 is 0 Å². The fraction of sp³-hybridized carbons (Fsp3) is 0.600. The van der Waals surface area contributed by atoms with Crippen LogP contribution in [-0.4, -0.2) is 13.2 Å². The Morgan fingerprint density at radius 1 is 1.17 bits per heavy atom. The third-order valence-corrected chi connectivity index (χ3v) is 2.98. The van der Waals surface area contributed by atoms with Crippen LogP contribution in [0.25, 0.3) is 0 Å². The summed E-state index contributed by atoms with van der Waals surface area (Å²) in [4.78, 5) is 0. The quantitative estimate of drug-likeness (QED) is 0.714. The van der Waals surface area contributed by atoms with Crippen molar-refractivity contribution in [2.24, 2.45) is 5.73 Å². The van der Waals surface area contributed by atoms with E-state index in [0.29, 0.717) is 18.3 Å². The van der Waals surface area contributed by atoms with Crippen LogP contribution in [0.4, 0.5) is 4.39 Å². The van der Waals surface area contributed by atoms with E-state index in [1.807, 2.05) is 19.9 Å². The lowest BCUT2D eigenvalue weighted by atomic mass is 10.0. The first kappa shape index (κ1) is 15.0. The maximum absolute atomic E-state index is 13.7. The summed E-state index contributed by atoms with van der Waals surface area (Å²) >= 11 is 0. The van der Waals surface area contributed by atoms with Gasteiger partial charge in [-0.05, 0) is 43.0 Å². The summed E-state index contributed by atoms with van der Waals surface area (Å²) in [6, 6.07) is 5.22. The highest BCUT2D eigenvalue weighted by Crippen LogP contribution is 2.23. The second-order valence-electron chi connectivity index (χ2n) is 4.90. The molecule has 0 saturated heterocycles. The number of benzene rings is 1. The lowest BCUT2D eigenvalue weighted by molar-refractivity contribution is 0.290. The van der Waals surface area contributed by atoms with Gasteiger partial charge in [0, 0.05) is 0 Å². The van der Waals surface area contributed by atoms with Crippen LogP contribution in [0.3, 0.4) is 0 Å². The van der Waals surface area contributed by atoms with Crippen molar-refractivity contribution in [2.75, 3.05) is 13.2 Å². The van der Waals surface area contributed by atoms with E-state index >= 15 is 0 Å². The molecule has 0 saturated carbocycles. The lowest BCUT2D eigenvalue weighted by Gasteiger charge is -2.10. The predicted molar refractivity (Wildman–Crippen MR) is 73.5 cm³/mol. The van der Waals surface area contributed by atoms with Crippen LogP contribution in [0.15, 0.2) is 18.2 Å². The summed E-state index contributed by atoms with van der Waals surface area (Å²) < 4.78 is 19.1. The molecule has 0 atom stereocenters. The average molecular weight is 253 g/mol. The molecule has 0 radical (unpaired) electrons. The van der Waals surface area contributed by atoms with E-state index in [0.717, 1.165) is 37.8 Å². The van der Waals surface area contributed by atoms with Crippen molar-refractivity contribution in [1.82, 2.24) is 0 Å². The van der Waals surface area contributed by atoms with E-state index in [2.05, 4.69) is 0 Å². The first-order chi connectivity index (χ1) is 8.65. The van der Waals surface area contributed by atoms with Gasteiger partial charge in [-0.2, -0.15) is 0 Å². The molecule has 0 fully saturated rings. The van der Waals surface area contributed by atoms with E-state index in [-0.39, 0.29) is 5.82 Å². The van der Waals surface area contributed by atoms with Crippen LogP contribution < -0.4 is 10.5 Å². The topological polar surface area (TPSA) is 35.2 Å². The van der Waals surface area contributed by atoms with Crippen LogP contribution in [-0.2, 0) is 0 Å². The normalized spacial score (nSPS) is 10.9. The van der Waals surface area contributed by atoms with Gasteiger partial charge >= 0.3 is 0 Å². The molecule has 0 aromatic heterocycles. The molecule has 0 aliphatic rings. The number of nitrogens with two attached hydrogens (primary N) is 1. The average Bonchev–Trinajstić information content (AvgIpc) is 2.35. The zero-order valence-corrected chi connectivity index (χ0v) is 11.4. The summed E-state index contributed by atoms with van der Waals surface area (Å²) in [6.45, 7) is 5.41. The van der Waals surface area contributed by atoms with Gasteiger partial charge in [0.1, 0.15) is 0 Å². The maximum atomic E-state index is 13.7. The van der Waals surface area contributed by atoms with Crippen molar-refractivity contribution >= 4 is 0 Å². The summed E-state index contributed by atoms with van der Waals surface area (Å²) in [7, 11) is 0.